The Balaban J connectivity index is 1.70. The van der Waals surface area contributed by atoms with Crippen LogP contribution in [0.15, 0.2) is 46.2 Å². The number of rotatable bonds is 4. The van der Waals surface area contributed by atoms with Gasteiger partial charge in [0.15, 0.2) is 10.8 Å². The number of hydrogen-bond acceptors (Lipinski definition) is 5. The van der Waals surface area contributed by atoms with Crippen molar-refractivity contribution in [1.29, 1.82) is 0 Å². The minimum absolute atomic E-state index is 0.0556. The van der Waals surface area contributed by atoms with Crippen LogP contribution in [0, 0.1) is 6.92 Å². The van der Waals surface area contributed by atoms with Crippen molar-refractivity contribution in [3.63, 3.8) is 0 Å². The molecule has 0 bridgehead atoms. The molecule has 2 amide bonds. The molecule has 3 rings (SSSR count). The fourth-order valence-corrected chi connectivity index (χ4v) is 2.95. The number of nitrogens with one attached hydrogen (secondary N) is 1. The molecule has 0 saturated carbocycles. The molecule has 6 nitrogen and oxygen atoms in total. The highest BCUT2D eigenvalue weighted by Crippen LogP contribution is 2.26. The van der Waals surface area contributed by atoms with Crippen LogP contribution in [0.3, 0.4) is 0 Å². The lowest BCUT2D eigenvalue weighted by Crippen LogP contribution is -2.22. The third-order valence-corrected chi connectivity index (χ3v) is 4.53. The predicted octanol–water partition coefficient (Wildman–Crippen LogP) is 3.95. The van der Waals surface area contributed by atoms with E-state index < -0.39 is 0 Å². The van der Waals surface area contributed by atoms with Crippen molar-refractivity contribution in [2.75, 3.05) is 17.3 Å². The molecule has 3 aromatic rings. The topological polar surface area (TPSA) is 75.4 Å². The maximum atomic E-state index is 12.3. The van der Waals surface area contributed by atoms with Crippen LogP contribution in [0.25, 0.3) is 10.8 Å². The second-order valence-electron chi connectivity index (χ2n) is 5.53. The van der Waals surface area contributed by atoms with Gasteiger partial charge in [0.2, 0.25) is 5.91 Å². The van der Waals surface area contributed by atoms with Crippen molar-refractivity contribution in [3.05, 3.63) is 53.2 Å². The van der Waals surface area contributed by atoms with Gasteiger partial charge in [0.05, 0.1) is 0 Å². The van der Waals surface area contributed by atoms with Gasteiger partial charge in [-0.05, 0) is 43.3 Å². The van der Waals surface area contributed by atoms with Gasteiger partial charge in [-0.25, -0.2) is 4.98 Å². The summed E-state index contributed by atoms with van der Waals surface area (Å²) in [4.78, 5) is 29.5. The highest BCUT2D eigenvalue weighted by Gasteiger charge is 2.14. The number of anilines is 2. The smallest absolute Gasteiger partial charge is 0.275 e. The number of amides is 2. The van der Waals surface area contributed by atoms with Crippen molar-refractivity contribution in [1.82, 2.24) is 4.98 Å². The Bertz CT molecular complexity index is 912. The fourth-order valence-electron chi connectivity index (χ4n) is 2.19. The minimum Gasteiger partial charge on any atom is -0.459 e. The lowest BCUT2D eigenvalue weighted by molar-refractivity contribution is -0.116. The van der Waals surface area contributed by atoms with E-state index >= 15 is 0 Å². The van der Waals surface area contributed by atoms with Gasteiger partial charge in [-0.2, -0.15) is 0 Å². The second-order valence-corrected chi connectivity index (χ2v) is 6.39. The summed E-state index contributed by atoms with van der Waals surface area (Å²) >= 11 is 1.35. The van der Waals surface area contributed by atoms with E-state index in [1.54, 1.807) is 36.7 Å². The average molecular weight is 355 g/mol. The Morgan fingerprint density at radius 3 is 2.48 bits per heavy atom. The molecule has 128 valence electrons. The summed E-state index contributed by atoms with van der Waals surface area (Å²) in [5.41, 5.74) is 1.72. The molecule has 0 radical (unpaired) electrons. The molecule has 1 N–H and O–H groups in total. The Morgan fingerprint density at radius 2 is 1.88 bits per heavy atom. The van der Waals surface area contributed by atoms with Gasteiger partial charge in [0.1, 0.15) is 11.5 Å². The molecule has 1 aromatic carbocycles. The molecule has 25 heavy (non-hydrogen) atoms. The summed E-state index contributed by atoms with van der Waals surface area (Å²) in [7, 11) is 1.70. The normalized spacial score (nSPS) is 10.5. The molecule has 0 aliphatic rings. The number of hydrogen-bond donors (Lipinski definition) is 1. The zero-order valence-electron chi connectivity index (χ0n) is 14.1. The van der Waals surface area contributed by atoms with Crippen LogP contribution >= 0.6 is 11.3 Å². The minimum atomic E-state index is -0.293. The van der Waals surface area contributed by atoms with E-state index in [1.807, 2.05) is 19.1 Å². The lowest BCUT2D eigenvalue weighted by Gasteiger charge is -2.15. The summed E-state index contributed by atoms with van der Waals surface area (Å²) in [6.45, 7) is 3.36. The highest BCUT2D eigenvalue weighted by atomic mass is 32.1. The first-order valence-corrected chi connectivity index (χ1v) is 8.50. The van der Waals surface area contributed by atoms with Crippen molar-refractivity contribution in [2.24, 2.45) is 0 Å². The lowest BCUT2D eigenvalue weighted by atomic mass is 10.2. The largest absolute Gasteiger partial charge is 0.459 e. The van der Waals surface area contributed by atoms with Crippen LogP contribution in [0.1, 0.15) is 23.2 Å². The Morgan fingerprint density at radius 1 is 1.16 bits per heavy atom. The number of aromatic nitrogens is 1. The van der Waals surface area contributed by atoms with Crippen LogP contribution in [0.4, 0.5) is 11.4 Å². The molecule has 2 aromatic heterocycles. The molecule has 0 fully saturated rings. The molecule has 7 heteroatoms. The zero-order chi connectivity index (χ0) is 18.0. The molecule has 0 unspecified atom stereocenters. The number of thiazole rings is 1. The van der Waals surface area contributed by atoms with E-state index in [2.05, 4.69) is 10.3 Å². The molecule has 0 spiro atoms. The highest BCUT2D eigenvalue weighted by molar-refractivity contribution is 7.13. The number of carbonyl (C=O) groups is 2. The van der Waals surface area contributed by atoms with Crippen LogP contribution in [0.5, 0.6) is 0 Å². The Labute approximate surface area is 149 Å². The van der Waals surface area contributed by atoms with Gasteiger partial charge in [-0.1, -0.05) is 0 Å². The SMILES string of the molecule is CC(=O)N(C)c1ccc(NC(=O)c2csc(-c3ccc(C)o3)n2)cc1. The van der Waals surface area contributed by atoms with Crippen molar-refractivity contribution in [3.8, 4) is 10.8 Å². The van der Waals surface area contributed by atoms with Crippen LogP contribution in [-0.4, -0.2) is 23.8 Å². The van der Waals surface area contributed by atoms with Crippen molar-refractivity contribution < 1.29 is 14.0 Å². The van der Waals surface area contributed by atoms with Gasteiger partial charge in [-0.15, -0.1) is 11.3 Å². The third kappa shape index (κ3) is 3.77. The predicted molar refractivity (Wildman–Crippen MR) is 98.0 cm³/mol. The van der Waals surface area contributed by atoms with Crippen molar-refractivity contribution in [2.45, 2.75) is 13.8 Å². The molecule has 2 heterocycles. The fraction of sp³-hybridized carbons (Fsp3) is 0.167. The molecule has 0 saturated heterocycles. The first kappa shape index (κ1) is 16.9. The van der Waals surface area contributed by atoms with Gasteiger partial charge in [-0.3, -0.25) is 9.59 Å². The van der Waals surface area contributed by atoms with E-state index in [0.717, 1.165) is 11.4 Å². The monoisotopic (exact) mass is 355 g/mol. The maximum Gasteiger partial charge on any atom is 0.275 e. The number of nitrogens with zero attached hydrogens (tertiary/aromatic N) is 2. The molecular formula is C18H17N3O3S. The Kier molecular flexibility index (Phi) is 4.67. The number of benzene rings is 1. The summed E-state index contributed by atoms with van der Waals surface area (Å²) < 4.78 is 5.52. The average Bonchev–Trinajstić information content (AvgIpc) is 3.23. The summed E-state index contributed by atoms with van der Waals surface area (Å²) in [6, 6.07) is 10.7. The van der Waals surface area contributed by atoms with Crippen LogP contribution in [0.2, 0.25) is 0 Å². The summed E-state index contributed by atoms with van der Waals surface area (Å²) in [5, 5.41) is 5.15. The zero-order valence-corrected chi connectivity index (χ0v) is 14.9. The standard InChI is InChI=1S/C18H17N3O3S/c1-11-4-9-16(24-11)18-20-15(10-25-18)17(23)19-13-5-7-14(8-6-13)21(3)12(2)22/h4-10H,1-3H3,(H,19,23). The quantitative estimate of drug-likeness (QED) is 0.769. The van der Waals surface area contributed by atoms with Crippen LogP contribution in [-0.2, 0) is 4.79 Å². The molecule has 0 aliphatic heterocycles. The number of carbonyl (C=O) groups excluding carboxylic acids is 2. The maximum absolute atomic E-state index is 12.3. The van der Waals surface area contributed by atoms with Gasteiger partial charge in [0.25, 0.3) is 5.91 Å². The molecular weight excluding hydrogens is 338 g/mol. The van der Waals surface area contributed by atoms with E-state index in [0.29, 0.717) is 22.1 Å². The van der Waals surface area contributed by atoms with E-state index in [1.165, 1.54) is 23.2 Å². The number of furan rings is 1. The van der Waals surface area contributed by atoms with Crippen LogP contribution < -0.4 is 10.2 Å². The van der Waals surface area contributed by atoms with E-state index in [-0.39, 0.29) is 11.8 Å². The second kappa shape index (κ2) is 6.90. The van der Waals surface area contributed by atoms with E-state index in [9.17, 15) is 9.59 Å². The Hall–Kier alpha value is -2.93. The molecule has 0 atom stereocenters. The van der Waals surface area contributed by atoms with Gasteiger partial charge in [0, 0.05) is 30.7 Å². The summed E-state index contributed by atoms with van der Waals surface area (Å²) in [6.07, 6.45) is 0. The molecule has 0 aliphatic carbocycles. The van der Waals surface area contributed by atoms with Gasteiger partial charge >= 0.3 is 0 Å². The summed E-state index contributed by atoms with van der Waals surface area (Å²) in [5.74, 6) is 1.10. The van der Waals surface area contributed by atoms with E-state index in [4.69, 9.17) is 4.42 Å². The third-order valence-electron chi connectivity index (χ3n) is 3.67. The van der Waals surface area contributed by atoms with Crippen molar-refractivity contribution >= 4 is 34.5 Å². The first-order chi connectivity index (χ1) is 11.9. The number of aryl methyl sites for hydroxylation is 1. The first-order valence-electron chi connectivity index (χ1n) is 7.62. The van der Waals surface area contributed by atoms with Gasteiger partial charge < -0.3 is 14.6 Å².